The second-order valence-electron chi connectivity index (χ2n) is 12.8. The first-order chi connectivity index (χ1) is 24.8. The summed E-state index contributed by atoms with van der Waals surface area (Å²) in [6, 6.07) is 11.3. The van der Waals surface area contributed by atoms with E-state index in [2.05, 4.69) is 9.64 Å². The van der Waals surface area contributed by atoms with Crippen molar-refractivity contribution >= 4 is 68.2 Å². The van der Waals surface area contributed by atoms with E-state index in [-0.39, 0.29) is 53.5 Å². The van der Waals surface area contributed by atoms with E-state index in [0.29, 0.717) is 64.7 Å². The summed E-state index contributed by atoms with van der Waals surface area (Å²) < 4.78 is 77.5. The summed E-state index contributed by atoms with van der Waals surface area (Å²) in [6.45, 7) is 0.503. The number of hydrogen-bond donors (Lipinski definition) is 0. The number of pyridine rings is 1. The number of morpholine rings is 1. The normalized spacial score (nSPS) is 15.6. The summed E-state index contributed by atoms with van der Waals surface area (Å²) >= 11 is 12.8. The van der Waals surface area contributed by atoms with E-state index < -0.39 is 28.7 Å². The van der Waals surface area contributed by atoms with Gasteiger partial charge in [-0.2, -0.15) is 13.5 Å². The van der Waals surface area contributed by atoms with Crippen molar-refractivity contribution in [3.8, 4) is 11.5 Å². The molecule has 2 fully saturated rings. The number of aromatic nitrogens is 2. The molecule has 4 aromatic rings. The first kappa shape index (κ1) is 40.6. The first-order valence-electron chi connectivity index (χ1n) is 16.7. The van der Waals surface area contributed by atoms with Crippen LogP contribution in [-0.2, 0) is 37.3 Å². The summed E-state index contributed by atoms with van der Waals surface area (Å²) in [6.07, 6.45) is 5.97. The highest BCUT2D eigenvalue weighted by Crippen LogP contribution is 2.38. The van der Waals surface area contributed by atoms with Crippen molar-refractivity contribution in [3.63, 3.8) is 0 Å². The van der Waals surface area contributed by atoms with E-state index in [0.717, 1.165) is 38.3 Å². The number of carbonyl (C=O) groups excluding carboxylic acids is 1. The van der Waals surface area contributed by atoms with E-state index in [1.807, 2.05) is 0 Å². The monoisotopic (exact) mass is 818 g/mol. The molecule has 6 rings (SSSR count). The predicted molar refractivity (Wildman–Crippen MR) is 198 cm³/mol. The molecule has 0 spiro atoms. The highest BCUT2D eigenvalue weighted by Gasteiger charge is 2.27. The Morgan fingerprint density at radius 2 is 1.79 bits per heavy atom. The molecule has 12 nitrogen and oxygen atoms in total. The van der Waals surface area contributed by atoms with E-state index >= 15 is 0 Å². The zero-order chi connectivity index (χ0) is 37.0. The third kappa shape index (κ3) is 10.8. The summed E-state index contributed by atoms with van der Waals surface area (Å²) in [7, 11) is -3.59. The second-order valence-corrected chi connectivity index (χ2v) is 15.5. The lowest BCUT2D eigenvalue weighted by Gasteiger charge is -2.30. The van der Waals surface area contributed by atoms with Crippen LogP contribution >= 0.6 is 35.6 Å². The Kier molecular flexibility index (Phi) is 13.5. The van der Waals surface area contributed by atoms with Crippen LogP contribution in [0, 0.1) is 11.1 Å². The molecule has 288 valence electrons. The number of halogens is 5. The van der Waals surface area contributed by atoms with Crippen molar-refractivity contribution in [1.29, 1.82) is 0 Å². The van der Waals surface area contributed by atoms with Crippen LogP contribution in [0.2, 0.25) is 10.0 Å². The number of carbonyl (C=O) groups is 1. The highest BCUT2D eigenvalue weighted by molar-refractivity contribution is 7.92. The molecule has 1 aliphatic carbocycles. The smallest absolute Gasteiger partial charge is 0.387 e. The Hall–Kier alpha value is -3.60. The maximum Gasteiger partial charge on any atom is 0.387 e. The van der Waals surface area contributed by atoms with Gasteiger partial charge < -0.3 is 28.7 Å². The van der Waals surface area contributed by atoms with Gasteiger partial charge in [0.25, 0.3) is 0 Å². The molecule has 2 aromatic heterocycles. The number of hydrogen-bond acceptors (Lipinski definition) is 9. The molecule has 53 heavy (non-hydrogen) atoms. The standard InChI is InChI=1S/C35H38Cl2F2N4O8S.ClH/c1-52(46,47)43(11-10-40-12-14-48-15-13-40)26-5-6-30-24(16-26)8-9-41(30)21-34(44)50-32(18-27-28(36)19-42(45)20-29(27)37)25-4-7-31(51-35(38)39)33(17-25)49-22-23-2-3-23;/h4-9,16-17,19-20,23,32,35H,2-3,10-15,18,21-22H2,1H3;1H. The lowest BCUT2D eigenvalue weighted by molar-refractivity contribution is -0.605. The topological polar surface area (TPSA) is 126 Å². The maximum absolute atomic E-state index is 13.6. The largest absolute Gasteiger partial charge is 0.619 e. The molecule has 1 saturated heterocycles. The van der Waals surface area contributed by atoms with Crippen LogP contribution in [0.25, 0.3) is 10.9 Å². The first-order valence-corrected chi connectivity index (χ1v) is 19.3. The van der Waals surface area contributed by atoms with Gasteiger partial charge in [0.2, 0.25) is 10.0 Å². The molecule has 18 heteroatoms. The van der Waals surface area contributed by atoms with E-state index in [4.69, 9.17) is 37.4 Å². The number of esters is 1. The molecule has 0 bridgehead atoms. The minimum Gasteiger partial charge on any atom is -0.619 e. The molecule has 1 unspecified atom stereocenters. The molecule has 2 aromatic carbocycles. The number of alkyl halides is 2. The minimum atomic E-state index is -3.59. The van der Waals surface area contributed by atoms with Crippen molar-refractivity contribution in [3.05, 3.63) is 87.4 Å². The number of ether oxygens (including phenoxy) is 4. The molecule has 1 saturated carbocycles. The molecular weight excluding hydrogens is 781 g/mol. The molecule has 0 radical (unpaired) electrons. The molecule has 3 heterocycles. The van der Waals surface area contributed by atoms with Crippen LogP contribution in [-0.4, -0.2) is 82.7 Å². The Morgan fingerprint density at radius 3 is 2.45 bits per heavy atom. The SMILES string of the molecule is CS(=O)(=O)N(CCN1CCOCC1)c1ccc2c(ccn2CC(=O)OC(Cc2c(Cl)c[n+]([O-])cc2Cl)c2ccc(OC(F)F)c(OCC3CC3)c2)c1.Cl. The lowest BCUT2D eigenvalue weighted by atomic mass is 10.0. The number of nitrogens with zero attached hydrogens (tertiary/aromatic N) is 4. The quantitative estimate of drug-likeness (QED) is 0.0759. The fraction of sp³-hybridized carbons (Fsp3) is 0.429. The van der Waals surface area contributed by atoms with Crippen LogP contribution in [0.3, 0.4) is 0 Å². The van der Waals surface area contributed by atoms with E-state index in [1.165, 1.54) is 28.8 Å². The van der Waals surface area contributed by atoms with Gasteiger partial charge in [0, 0.05) is 55.3 Å². The van der Waals surface area contributed by atoms with Crippen LogP contribution in [0.15, 0.2) is 61.1 Å². The van der Waals surface area contributed by atoms with Gasteiger partial charge in [-0.15, -0.1) is 12.4 Å². The Labute approximate surface area is 322 Å². The van der Waals surface area contributed by atoms with E-state index in [9.17, 15) is 27.2 Å². The van der Waals surface area contributed by atoms with Crippen LogP contribution < -0.4 is 18.5 Å². The fourth-order valence-electron chi connectivity index (χ4n) is 6.02. The van der Waals surface area contributed by atoms with Gasteiger partial charge in [-0.1, -0.05) is 29.3 Å². The van der Waals surface area contributed by atoms with Crippen molar-refractivity contribution < 1.29 is 45.7 Å². The summed E-state index contributed by atoms with van der Waals surface area (Å²) in [5.74, 6) is -0.435. The number of rotatable bonds is 16. The molecule has 0 amide bonds. The van der Waals surface area contributed by atoms with Crippen molar-refractivity contribution in [1.82, 2.24) is 9.47 Å². The van der Waals surface area contributed by atoms with Gasteiger partial charge in [0.1, 0.15) is 22.7 Å². The average molecular weight is 820 g/mol. The number of benzene rings is 2. The van der Waals surface area contributed by atoms with Crippen LogP contribution in [0.1, 0.15) is 30.1 Å². The average Bonchev–Trinajstić information content (AvgIpc) is 3.84. The molecule has 1 atom stereocenters. The highest BCUT2D eigenvalue weighted by atomic mass is 35.5. The Morgan fingerprint density at radius 1 is 1.08 bits per heavy atom. The van der Waals surface area contributed by atoms with Gasteiger partial charge >= 0.3 is 12.6 Å². The van der Waals surface area contributed by atoms with Crippen LogP contribution in [0.4, 0.5) is 14.5 Å². The molecule has 1 aliphatic heterocycles. The zero-order valence-corrected chi connectivity index (χ0v) is 31.8. The minimum absolute atomic E-state index is 0. The molecular formula is C35H39Cl3F2N4O8S. The number of sulfonamides is 1. The van der Waals surface area contributed by atoms with Crippen molar-refractivity contribution in [2.24, 2.45) is 5.92 Å². The molecule has 0 N–H and O–H groups in total. The summed E-state index contributed by atoms with van der Waals surface area (Å²) in [5, 5.41) is 12.7. The van der Waals surface area contributed by atoms with Gasteiger partial charge in [-0.3, -0.25) is 14.0 Å². The number of anilines is 1. The molecule has 2 aliphatic rings. The Balaban J connectivity index is 0.00000541. The van der Waals surface area contributed by atoms with Crippen molar-refractivity contribution in [2.75, 3.05) is 56.6 Å². The predicted octanol–water partition coefficient (Wildman–Crippen LogP) is 6.02. The van der Waals surface area contributed by atoms with E-state index in [1.54, 1.807) is 35.0 Å². The van der Waals surface area contributed by atoms with Gasteiger partial charge in [0.15, 0.2) is 23.9 Å². The third-order valence-corrected chi connectivity index (χ3v) is 10.8. The maximum atomic E-state index is 13.6. The third-order valence-electron chi connectivity index (χ3n) is 8.91. The lowest BCUT2D eigenvalue weighted by Crippen LogP contribution is -2.43. The Bertz CT molecular complexity index is 1990. The summed E-state index contributed by atoms with van der Waals surface area (Å²) in [5.41, 5.74) is 1.90. The summed E-state index contributed by atoms with van der Waals surface area (Å²) in [4.78, 5) is 15.8. The van der Waals surface area contributed by atoms with Crippen LogP contribution in [0.5, 0.6) is 11.5 Å². The van der Waals surface area contributed by atoms with Gasteiger partial charge in [0.05, 0.1) is 31.8 Å². The fourth-order valence-corrected chi connectivity index (χ4v) is 7.53. The van der Waals surface area contributed by atoms with Gasteiger partial charge in [-0.25, -0.2) is 8.42 Å². The zero-order valence-electron chi connectivity index (χ0n) is 28.7. The second kappa shape index (κ2) is 17.7. The number of fused-ring (bicyclic) bond motifs is 1. The van der Waals surface area contributed by atoms with Gasteiger partial charge in [-0.05, 0) is 60.7 Å². The van der Waals surface area contributed by atoms with Crippen molar-refractivity contribution in [2.45, 2.75) is 38.5 Å².